The Labute approximate surface area is 124 Å². The van der Waals surface area contributed by atoms with E-state index < -0.39 is 0 Å². The van der Waals surface area contributed by atoms with Crippen molar-refractivity contribution in [2.75, 3.05) is 6.54 Å². The van der Waals surface area contributed by atoms with Gasteiger partial charge in [-0.2, -0.15) is 5.10 Å². The lowest BCUT2D eigenvalue weighted by atomic mass is 10.1. The maximum atomic E-state index is 4.14. The lowest BCUT2D eigenvalue weighted by Crippen LogP contribution is -2.15. The summed E-state index contributed by atoms with van der Waals surface area (Å²) in [5, 5.41) is 13.0. The molecule has 3 aromatic rings. The summed E-state index contributed by atoms with van der Waals surface area (Å²) in [6.07, 6.45) is 7.86. The van der Waals surface area contributed by atoms with Crippen molar-refractivity contribution < 1.29 is 0 Å². The normalized spacial score (nSPS) is 11.1. The molecule has 0 saturated carbocycles. The van der Waals surface area contributed by atoms with Gasteiger partial charge in [0, 0.05) is 30.0 Å². The quantitative estimate of drug-likeness (QED) is 0.682. The molecule has 2 N–H and O–H groups in total. The zero-order chi connectivity index (χ0) is 14.5. The van der Waals surface area contributed by atoms with Gasteiger partial charge in [-0.25, -0.2) is 0 Å². The number of nitrogens with zero attached hydrogens (tertiary/aromatic N) is 2. The van der Waals surface area contributed by atoms with Crippen LogP contribution in [0.5, 0.6) is 0 Å². The molecule has 108 valence electrons. The molecule has 2 aromatic heterocycles. The maximum absolute atomic E-state index is 4.14. The number of hydrogen-bond acceptors (Lipinski definition) is 3. The number of aromatic amines is 1. The van der Waals surface area contributed by atoms with Crippen molar-refractivity contribution in [3.8, 4) is 0 Å². The molecule has 4 nitrogen and oxygen atoms in total. The fourth-order valence-electron chi connectivity index (χ4n) is 2.51. The van der Waals surface area contributed by atoms with Gasteiger partial charge in [0.1, 0.15) is 0 Å². The van der Waals surface area contributed by atoms with Gasteiger partial charge < -0.3 is 5.32 Å². The van der Waals surface area contributed by atoms with Gasteiger partial charge in [0.15, 0.2) is 0 Å². The van der Waals surface area contributed by atoms with Gasteiger partial charge in [-0.15, -0.1) is 0 Å². The van der Waals surface area contributed by atoms with E-state index in [1.54, 1.807) is 0 Å². The Morgan fingerprint density at radius 3 is 2.95 bits per heavy atom. The fourth-order valence-corrected chi connectivity index (χ4v) is 2.51. The molecule has 0 bridgehead atoms. The van der Waals surface area contributed by atoms with Crippen LogP contribution in [0.25, 0.3) is 10.8 Å². The minimum Gasteiger partial charge on any atom is -0.313 e. The Morgan fingerprint density at radius 1 is 1.14 bits per heavy atom. The molecule has 0 aliphatic rings. The summed E-state index contributed by atoms with van der Waals surface area (Å²) in [6.45, 7) is 3.99. The van der Waals surface area contributed by atoms with Crippen LogP contribution in [0.3, 0.4) is 0 Å². The number of benzene rings is 1. The standard InChI is InChI=1S/C17H20N4/c1-13-16(12-20-21-13)3-2-7-18-10-14-4-5-17-11-19-8-6-15(17)9-14/h4-6,8-9,11-12,18H,2-3,7,10H2,1H3,(H,20,21). The zero-order valence-corrected chi connectivity index (χ0v) is 12.3. The van der Waals surface area contributed by atoms with Crippen LogP contribution in [0.1, 0.15) is 23.2 Å². The predicted octanol–water partition coefficient (Wildman–Crippen LogP) is 2.99. The highest BCUT2D eigenvalue weighted by molar-refractivity contribution is 5.81. The third-order valence-electron chi connectivity index (χ3n) is 3.77. The Hall–Kier alpha value is -2.20. The summed E-state index contributed by atoms with van der Waals surface area (Å²) in [5.74, 6) is 0. The SMILES string of the molecule is Cc1[nH]ncc1CCCNCc1ccc2cnccc2c1. The summed E-state index contributed by atoms with van der Waals surface area (Å²) in [7, 11) is 0. The van der Waals surface area contributed by atoms with E-state index in [4.69, 9.17) is 0 Å². The van der Waals surface area contributed by atoms with E-state index in [2.05, 4.69) is 51.7 Å². The van der Waals surface area contributed by atoms with Gasteiger partial charge in [-0.05, 0) is 55.0 Å². The van der Waals surface area contributed by atoms with Crippen molar-refractivity contribution in [1.82, 2.24) is 20.5 Å². The summed E-state index contributed by atoms with van der Waals surface area (Å²) in [4.78, 5) is 4.14. The molecule has 0 fully saturated rings. The average Bonchev–Trinajstić information content (AvgIpc) is 2.92. The van der Waals surface area contributed by atoms with Crippen molar-refractivity contribution >= 4 is 10.8 Å². The van der Waals surface area contributed by atoms with E-state index in [1.165, 1.54) is 27.6 Å². The van der Waals surface area contributed by atoms with Crippen molar-refractivity contribution in [1.29, 1.82) is 0 Å². The first-order valence-corrected chi connectivity index (χ1v) is 7.35. The third-order valence-corrected chi connectivity index (χ3v) is 3.77. The Balaban J connectivity index is 1.47. The Morgan fingerprint density at radius 2 is 2.10 bits per heavy atom. The first-order chi connectivity index (χ1) is 10.3. The smallest absolute Gasteiger partial charge is 0.0522 e. The minimum absolute atomic E-state index is 0.905. The van der Waals surface area contributed by atoms with Crippen LogP contribution in [-0.2, 0) is 13.0 Å². The highest BCUT2D eigenvalue weighted by Crippen LogP contribution is 2.14. The number of pyridine rings is 1. The van der Waals surface area contributed by atoms with Crippen LogP contribution in [0.15, 0.2) is 42.9 Å². The third kappa shape index (κ3) is 3.47. The minimum atomic E-state index is 0.905. The van der Waals surface area contributed by atoms with E-state index >= 15 is 0 Å². The van der Waals surface area contributed by atoms with Gasteiger partial charge in [-0.3, -0.25) is 10.1 Å². The highest BCUT2D eigenvalue weighted by Gasteiger charge is 2.00. The van der Waals surface area contributed by atoms with Crippen LogP contribution < -0.4 is 5.32 Å². The predicted molar refractivity (Wildman–Crippen MR) is 85.1 cm³/mol. The number of aryl methyl sites for hydroxylation is 2. The summed E-state index contributed by atoms with van der Waals surface area (Å²) < 4.78 is 0. The second-order valence-electron chi connectivity index (χ2n) is 5.36. The molecular formula is C17H20N4. The number of fused-ring (bicyclic) bond motifs is 1. The van der Waals surface area contributed by atoms with E-state index in [9.17, 15) is 0 Å². The van der Waals surface area contributed by atoms with Crippen molar-refractivity contribution in [3.05, 3.63) is 59.7 Å². The van der Waals surface area contributed by atoms with Crippen molar-refractivity contribution in [3.63, 3.8) is 0 Å². The molecule has 0 aliphatic carbocycles. The average molecular weight is 280 g/mol. The van der Waals surface area contributed by atoms with Gasteiger partial charge in [0.2, 0.25) is 0 Å². The number of H-pyrrole nitrogens is 1. The van der Waals surface area contributed by atoms with E-state index in [-0.39, 0.29) is 0 Å². The lowest BCUT2D eigenvalue weighted by molar-refractivity contribution is 0.649. The largest absolute Gasteiger partial charge is 0.313 e. The molecule has 3 rings (SSSR count). The number of aromatic nitrogens is 3. The molecule has 0 unspecified atom stereocenters. The van der Waals surface area contributed by atoms with Gasteiger partial charge in [-0.1, -0.05) is 12.1 Å². The number of rotatable bonds is 6. The van der Waals surface area contributed by atoms with Crippen LogP contribution in [0.4, 0.5) is 0 Å². The second kappa shape index (κ2) is 6.50. The van der Waals surface area contributed by atoms with Gasteiger partial charge in [0.05, 0.1) is 6.20 Å². The second-order valence-corrected chi connectivity index (χ2v) is 5.36. The van der Waals surface area contributed by atoms with Crippen molar-refractivity contribution in [2.24, 2.45) is 0 Å². The lowest BCUT2D eigenvalue weighted by Gasteiger charge is -2.06. The monoisotopic (exact) mass is 280 g/mol. The molecule has 21 heavy (non-hydrogen) atoms. The summed E-state index contributed by atoms with van der Waals surface area (Å²) in [6, 6.07) is 8.58. The molecule has 4 heteroatoms. The Bertz CT molecular complexity index is 717. The van der Waals surface area contributed by atoms with E-state index in [0.717, 1.165) is 25.9 Å². The summed E-state index contributed by atoms with van der Waals surface area (Å²) in [5.41, 5.74) is 3.81. The molecular weight excluding hydrogens is 260 g/mol. The van der Waals surface area contributed by atoms with E-state index in [1.807, 2.05) is 18.6 Å². The van der Waals surface area contributed by atoms with Crippen molar-refractivity contribution in [2.45, 2.75) is 26.3 Å². The molecule has 1 aromatic carbocycles. The number of nitrogens with one attached hydrogen (secondary N) is 2. The molecule has 0 saturated heterocycles. The van der Waals surface area contributed by atoms with Crippen LogP contribution in [0.2, 0.25) is 0 Å². The van der Waals surface area contributed by atoms with Gasteiger partial charge in [0.25, 0.3) is 0 Å². The Kier molecular flexibility index (Phi) is 4.26. The first kappa shape index (κ1) is 13.8. The van der Waals surface area contributed by atoms with Crippen LogP contribution in [0, 0.1) is 6.92 Å². The molecule has 0 spiro atoms. The molecule has 0 atom stereocenters. The van der Waals surface area contributed by atoms with E-state index in [0.29, 0.717) is 0 Å². The first-order valence-electron chi connectivity index (χ1n) is 7.35. The molecule has 0 radical (unpaired) electrons. The highest BCUT2D eigenvalue weighted by atomic mass is 15.1. The molecule has 2 heterocycles. The molecule has 0 aliphatic heterocycles. The summed E-state index contributed by atoms with van der Waals surface area (Å²) >= 11 is 0. The zero-order valence-electron chi connectivity index (χ0n) is 12.3. The van der Waals surface area contributed by atoms with Crippen LogP contribution in [-0.4, -0.2) is 21.7 Å². The molecule has 0 amide bonds. The fraction of sp³-hybridized carbons (Fsp3) is 0.294. The number of hydrogen-bond donors (Lipinski definition) is 2. The topological polar surface area (TPSA) is 53.6 Å². The maximum Gasteiger partial charge on any atom is 0.0522 e. The van der Waals surface area contributed by atoms with Crippen LogP contribution >= 0.6 is 0 Å². The van der Waals surface area contributed by atoms with Gasteiger partial charge >= 0.3 is 0 Å².